The monoisotopic (exact) mass is 272 g/mol. The average molecular weight is 272 g/mol. The Hall–Kier alpha value is -2.10. The van der Waals surface area contributed by atoms with E-state index in [1.165, 1.54) is 0 Å². The molecule has 0 unspecified atom stereocenters. The maximum atomic E-state index is 5.48. The van der Waals surface area contributed by atoms with Crippen LogP contribution in [-0.2, 0) is 0 Å². The van der Waals surface area contributed by atoms with Gasteiger partial charge in [0.2, 0.25) is 11.5 Å². The van der Waals surface area contributed by atoms with Gasteiger partial charge in [-0.3, -0.25) is 19.6 Å². The summed E-state index contributed by atoms with van der Waals surface area (Å²) in [5, 5.41) is 1.95. The van der Waals surface area contributed by atoms with Gasteiger partial charge in [-0.1, -0.05) is 33.8 Å². The maximum Gasteiger partial charge on any atom is 0.238 e. The van der Waals surface area contributed by atoms with Crippen molar-refractivity contribution in [3.8, 4) is 23.0 Å². The molecule has 2 aromatic rings. The van der Waals surface area contributed by atoms with Crippen LogP contribution >= 0.6 is 0 Å². The minimum Gasteiger partial charge on any atom is -0.289 e. The van der Waals surface area contributed by atoms with E-state index < -0.39 is 0 Å². The quantitative estimate of drug-likeness (QED) is 0.756. The van der Waals surface area contributed by atoms with Crippen molar-refractivity contribution in [3.05, 3.63) is 23.3 Å². The molecule has 4 rings (SSSR count). The summed E-state index contributed by atoms with van der Waals surface area (Å²) in [5.74, 6) is 3.53. The molecule has 0 aliphatic carbocycles. The first-order chi connectivity index (χ1) is 9.59. The van der Waals surface area contributed by atoms with Crippen LogP contribution in [0.25, 0.3) is 10.8 Å². The average Bonchev–Trinajstić information content (AvgIpc) is 2.97. The van der Waals surface area contributed by atoms with Gasteiger partial charge in [0.1, 0.15) is 0 Å². The number of rotatable bonds is 2. The van der Waals surface area contributed by atoms with E-state index in [0.717, 1.165) is 33.4 Å². The molecule has 4 nitrogen and oxygen atoms in total. The minimum absolute atomic E-state index is 0.292. The highest BCUT2D eigenvalue weighted by molar-refractivity contribution is 6.03. The molecule has 4 heteroatoms. The van der Waals surface area contributed by atoms with Crippen molar-refractivity contribution in [1.82, 2.24) is 0 Å². The molecule has 0 radical (unpaired) electrons. The molecule has 0 saturated carbocycles. The predicted octanol–water partition coefficient (Wildman–Crippen LogP) is 4.46. The van der Waals surface area contributed by atoms with E-state index in [2.05, 4.69) is 39.8 Å². The van der Waals surface area contributed by atoms with E-state index in [1.54, 1.807) is 0 Å². The molecule has 2 heterocycles. The Balaban J connectivity index is 2.14. The summed E-state index contributed by atoms with van der Waals surface area (Å²) in [6.45, 7) is 8.49. The normalized spacial score (nSPS) is 14.5. The van der Waals surface area contributed by atoms with E-state index in [9.17, 15) is 0 Å². The lowest BCUT2D eigenvalue weighted by molar-refractivity contribution is -0.110. The van der Waals surface area contributed by atoms with Crippen LogP contribution in [0, 0.1) is 0 Å². The molecule has 0 spiro atoms. The molecule has 0 saturated heterocycles. The largest absolute Gasteiger partial charge is 0.289 e. The molecule has 2 aliphatic heterocycles. The van der Waals surface area contributed by atoms with Crippen molar-refractivity contribution >= 4 is 10.8 Å². The zero-order valence-corrected chi connectivity index (χ0v) is 11.9. The van der Waals surface area contributed by atoms with Crippen molar-refractivity contribution in [2.45, 2.75) is 39.5 Å². The van der Waals surface area contributed by atoms with E-state index in [0.29, 0.717) is 23.3 Å². The lowest BCUT2D eigenvalue weighted by Gasteiger charge is -2.09. The van der Waals surface area contributed by atoms with Crippen LogP contribution in [0.4, 0.5) is 0 Å². The van der Waals surface area contributed by atoms with Gasteiger partial charge in [0.05, 0.1) is 10.9 Å². The first-order valence-corrected chi connectivity index (χ1v) is 6.95. The first-order valence-electron chi connectivity index (χ1n) is 6.95. The summed E-state index contributed by atoms with van der Waals surface area (Å²) in [6.07, 6.45) is 0. The summed E-state index contributed by atoms with van der Waals surface area (Å²) in [6, 6.07) is 4.14. The van der Waals surface area contributed by atoms with Gasteiger partial charge in [-0.25, -0.2) is 0 Å². The third kappa shape index (κ3) is 1.26. The Morgan fingerprint density at radius 3 is 2.05 bits per heavy atom. The topological polar surface area (TPSA) is 36.9 Å². The zero-order chi connectivity index (χ0) is 14.0. The fourth-order valence-corrected chi connectivity index (χ4v) is 2.98. The van der Waals surface area contributed by atoms with E-state index in [4.69, 9.17) is 19.6 Å². The Morgan fingerprint density at radius 2 is 1.35 bits per heavy atom. The summed E-state index contributed by atoms with van der Waals surface area (Å²) >= 11 is 0. The molecule has 0 fully saturated rings. The van der Waals surface area contributed by atoms with Crippen LogP contribution in [0.2, 0.25) is 0 Å². The standard InChI is InChI=1S/C16H16O4/c1-7(2)9-5-6-10-12-13(9)17-20-16(12)15-11(8(3)4)14(10)18-19-15/h5-8H,1-4H3. The third-order valence-corrected chi connectivity index (χ3v) is 3.97. The summed E-state index contributed by atoms with van der Waals surface area (Å²) < 4.78 is 0. The van der Waals surface area contributed by atoms with Gasteiger partial charge >= 0.3 is 0 Å². The van der Waals surface area contributed by atoms with Crippen LogP contribution < -0.4 is 19.6 Å². The Labute approximate surface area is 117 Å². The third-order valence-electron chi connectivity index (χ3n) is 3.97. The highest BCUT2D eigenvalue weighted by Crippen LogP contribution is 2.58. The molecule has 2 aliphatic rings. The van der Waals surface area contributed by atoms with Gasteiger partial charge in [-0.05, 0) is 17.9 Å². The van der Waals surface area contributed by atoms with E-state index in [-0.39, 0.29) is 0 Å². The smallest absolute Gasteiger partial charge is 0.238 e. The Morgan fingerprint density at radius 1 is 0.700 bits per heavy atom. The van der Waals surface area contributed by atoms with Gasteiger partial charge in [0, 0.05) is 10.9 Å². The lowest BCUT2D eigenvalue weighted by atomic mass is 9.92. The van der Waals surface area contributed by atoms with Crippen molar-refractivity contribution in [2.24, 2.45) is 0 Å². The van der Waals surface area contributed by atoms with Gasteiger partial charge < -0.3 is 0 Å². The van der Waals surface area contributed by atoms with Crippen molar-refractivity contribution in [1.29, 1.82) is 0 Å². The summed E-state index contributed by atoms with van der Waals surface area (Å²) in [7, 11) is 0. The lowest BCUT2D eigenvalue weighted by Crippen LogP contribution is -1.99. The highest BCUT2D eigenvalue weighted by atomic mass is 17.2. The van der Waals surface area contributed by atoms with Crippen LogP contribution in [-0.4, -0.2) is 0 Å². The number of fused-ring (bicyclic) bond motifs is 4. The van der Waals surface area contributed by atoms with Crippen molar-refractivity contribution < 1.29 is 19.6 Å². The van der Waals surface area contributed by atoms with Crippen LogP contribution in [0.3, 0.4) is 0 Å². The van der Waals surface area contributed by atoms with Crippen molar-refractivity contribution in [3.63, 3.8) is 0 Å². The second-order valence-electron chi connectivity index (χ2n) is 5.95. The fraction of sp³-hybridized carbons (Fsp3) is 0.375. The molecular formula is C16H16O4. The molecule has 2 aromatic carbocycles. The second-order valence-corrected chi connectivity index (χ2v) is 5.95. The van der Waals surface area contributed by atoms with Gasteiger partial charge in [-0.15, -0.1) is 0 Å². The molecule has 20 heavy (non-hydrogen) atoms. The molecule has 0 atom stereocenters. The second kappa shape index (κ2) is 3.72. The van der Waals surface area contributed by atoms with Gasteiger partial charge in [0.25, 0.3) is 0 Å². The Kier molecular flexibility index (Phi) is 2.18. The molecule has 0 aromatic heterocycles. The maximum absolute atomic E-state index is 5.48. The number of benzene rings is 2. The summed E-state index contributed by atoms with van der Waals surface area (Å²) in [4.78, 5) is 21.7. The highest BCUT2D eigenvalue weighted by Gasteiger charge is 2.38. The van der Waals surface area contributed by atoms with Gasteiger partial charge in [-0.2, -0.15) is 0 Å². The fourth-order valence-electron chi connectivity index (χ4n) is 2.98. The Bertz CT molecular complexity index is 731. The molecule has 0 amide bonds. The summed E-state index contributed by atoms with van der Waals surface area (Å²) in [5.41, 5.74) is 2.17. The van der Waals surface area contributed by atoms with Crippen LogP contribution in [0.1, 0.15) is 50.7 Å². The molecule has 0 N–H and O–H groups in total. The molecular weight excluding hydrogens is 256 g/mol. The number of hydrogen-bond acceptors (Lipinski definition) is 4. The zero-order valence-electron chi connectivity index (χ0n) is 11.9. The van der Waals surface area contributed by atoms with E-state index >= 15 is 0 Å². The molecule has 2 bridgehead atoms. The van der Waals surface area contributed by atoms with Crippen LogP contribution in [0.5, 0.6) is 23.0 Å². The number of hydrogen-bond donors (Lipinski definition) is 0. The van der Waals surface area contributed by atoms with E-state index in [1.807, 2.05) is 0 Å². The minimum atomic E-state index is 0.292. The predicted molar refractivity (Wildman–Crippen MR) is 74.6 cm³/mol. The van der Waals surface area contributed by atoms with Crippen LogP contribution in [0.15, 0.2) is 12.1 Å². The SMILES string of the molecule is CC(C)c1ccc2c3c(C(C)C)c(c4c2c1OO4)OO3. The first kappa shape index (κ1) is 11.7. The van der Waals surface area contributed by atoms with Crippen molar-refractivity contribution in [2.75, 3.05) is 0 Å². The molecule has 104 valence electrons. The van der Waals surface area contributed by atoms with Gasteiger partial charge in [0.15, 0.2) is 11.5 Å².